The molecule has 0 radical (unpaired) electrons. The highest BCUT2D eigenvalue weighted by Gasteiger charge is 2.23. The minimum Gasteiger partial charge on any atom is -0.373 e. The predicted molar refractivity (Wildman–Crippen MR) is 102 cm³/mol. The molecule has 1 saturated heterocycles. The molecule has 23 heavy (non-hydrogen) atoms. The average molecular weight is 340 g/mol. The van der Waals surface area contributed by atoms with E-state index >= 15 is 0 Å². The van der Waals surface area contributed by atoms with Crippen molar-refractivity contribution in [2.75, 3.05) is 19.6 Å². The lowest BCUT2D eigenvalue weighted by atomic mass is 9.86. The number of nitrogens with zero attached hydrogens (tertiary/aromatic N) is 1. The van der Waals surface area contributed by atoms with Crippen LogP contribution >= 0.6 is 12.4 Å². The van der Waals surface area contributed by atoms with Crippen molar-refractivity contribution in [1.82, 2.24) is 4.90 Å². The van der Waals surface area contributed by atoms with Crippen LogP contribution in [0.25, 0.3) is 0 Å². The molecule has 2 rings (SSSR count). The van der Waals surface area contributed by atoms with Gasteiger partial charge in [0.1, 0.15) is 0 Å². The molecule has 0 aromatic heterocycles. The van der Waals surface area contributed by atoms with Gasteiger partial charge in [0.15, 0.2) is 0 Å². The zero-order valence-corrected chi connectivity index (χ0v) is 16.5. The first-order chi connectivity index (χ1) is 10.2. The molecule has 0 bridgehead atoms. The zero-order valence-electron chi connectivity index (χ0n) is 15.6. The van der Waals surface area contributed by atoms with Gasteiger partial charge < -0.3 is 4.74 Å². The minimum atomic E-state index is 0. The van der Waals surface area contributed by atoms with E-state index in [1.54, 1.807) is 0 Å². The minimum absolute atomic E-state index is 0. The van der Waals surface area contributed by atoms with Gasteiger partial charge in [-0.25, -0.2) is 0 Å². The topological polar surface area (TPSA) is 12.5 Å². The first-order valence-electron chi connectivity index (χ1n) is 8.71. The molecule has 1 aliphatic rings. The van der Waals surface area contributed by atoms with E-state index in [-0.39, 0.29) is 17.8 Å². The number of morpholine rings is 1. The van der Waals surface area contributed by atoms with Crippen LogP contribution in [0.4, 0.5) is 0 Å². The van der Waals surface area contributed by atoms with E-state index in [4.69, 9.17) is 4.74 Å². The Kier molecular flexibility index (Phi) is 7.57. The second kappa shape index (κ2) is 8.50. The normalized spacial score (nSPS) is 24.1. The van der Waals surface area contributed by atoms with Gasteiger partial charge in [0.05, 0.1) is 12.2 Å². The Hall–Kier alpha value is -0.570. The van der Waals surface area contributed by atoms with E-state index in [1.807, 2.05) is 0 Å². The molecule has 1 aromatic carbocycles. The fraction of sp³-hybridized carbons (Fsp3) is 0.700. The van der Waals surface area contributed by atoms with Crippen molar-refractivity contribution in [3.63, 3.8) is 0 Å². The third kappa shape index (κ3) is 6.45. The maximum Gasteiger partial charge on any atom is 0.0678 e. The van der Waals surface area contributed by atoms with E-state index in [0.717, 1.165) is 19.5 Å². The van der Waals surface area contributed by atoms with Gasteiger partial charge >= 0.3 is 0 Å². The Morgan fingerprint density at radius 2 is 1.61 bits per heavy atom. The maximum atomic E-state index is 5.82. The predicted octanol–water partition coefficient (Wildman–Crippen LogP) is 4.69. The van der Waals surface area contributed by atoms with Gasteiger partial charge in [0, 0.05) is 19.6 Å². The lowest BCUT2D eigenvalue weighted by Gasteiger charge is -2.36. The molecule has 1 heterocycles. The number of rotatable bonds is 4. The Morgan fingerprint density at radius 1 is 1.09 bits per heavy atom. The van der Waals surface area contributed by atoms with Crippen LogP contribution < -0.4 is 0 Å². The van der Waals surface area contributed by atoms with Gasteiger partial charge in [0.2, 0.25) is 0 Å². The molecule has 0 saturated carbocycles. The van der Waals surface area contributed by atoms with Crippen LogP contribution in [0.2, 0.25) is 0 Å². The van der Waals surface area contributed by atoms with E-state index in [0.29, 0.717) is 18.1 Å². The van der Waals surface area contributed by atoms with Gasteiger partial charge in [-0.2, -0.15) is 0 Å². The van der Waals surface area contributed by atoms with E-state index in [1.165, 1.54) is 17.7 Å². The summed E-state index contributed by atoms with van der Waals surface area (Å²) in [6, 6.07) is 9.20. The first-order valence-corrected chi connectivity index (χ1v) is 8.71. The van der Waals surface area contributed by atoms with Crippen LogP contribution in [0.15, 0.2) is 24.3 Å². The third-order valence-electron chi connectivity index (χ3n) is 4.47. The highest BCUT2D eigenvalue weighted by Crippen LogP contribution is 2.23. The fourth-order valence-electron chi connectivity index (χ4n) is 3.48. The Labute approximate surface area is 149 Å². The molecular weight excluding hydrogens is 306 g/mol. The quantitative estimate of drug-likeness (QED) is 0.788. The number of ether oxygens (including phenoxy) is 1. The summed E-state index contributed by atoms with van der Waals surface area (Å²) in [5, 5.41) is 0. The monoisotopic (exact) mass is 339 g/mol. The van der Waals surface area contributed by atoms with Gasteiger partial charge in [-0.3, -0.25) is 4.90 Å². The van der Waals surface area contributed by atoms with Gasteiger partial charge in [-0.15, -0.1) is 12.4 Å². The van der Waals surface area contributed by atoms with Gasteiger partial charge in [-0.05, 0) is 42.7 Å². The van der Waals surface area contributed by atoms with Crippen LogP contribution in [0.3, 0.4) is 0 Å². The summed E-state index contributed by atoms with van der Waals surface area (Å²) < 4.78 is 5.82. The largest absolute Gasteiger partial charge is 0.373 e. The molecule has 1 fully saturated rings. The average Bonchev–Trinajstić information content (AvgIpc) is 2.36. The SMILES string of the molecule is CC(Cc1ccc(C(C)(C)C)cc1)CN1C[C@@H](C)O[C@@H](C)C1.Cl. The van der Waals surface area contributed by atoms with Crippen LogP contribution in [0.1, 0.15) is 52.7 Å². The second-order valence-corrected chi connectivity index (χ2v) is 8.23. The summed E-state index contributed by atoms with van der Waals surface area (Å²) in [6.45, 7) is 16.8. The lowest BCUT2D eigenvalue weighted by Crippen LogP contribution is -2.47. The van der Waals surface area contributed by atoms with Crippen molar-refractivity contribution in [3.8, 4) is 0 Å². The summed E-state index contributed by atoms with van der Waals surface area (Å²) in [6.07, 6.45) is 1.88. The summed E-state index contributed by atoms with van der Waals surface area (Å²) in [5.41, 5.74) is 3.11. The number of benzene rings is 1. The molecular formula is C20H34ClNO. The van der Waals surface area contributed by atoms with Crippen LogP contribution in [-0.4, -0.2) is 36.7 Å². The first kappa shape index (κ1) is 20.5. The molecule has 0 aliphatic carbocycles. The number of hydrogen-bond acceptors (Lipinski definition) is 2. The molecule has 0 spiro atoms. The summed E-state index contributed by atoms with van der Waals surface area (Å²) in [5.74, 6) is 0.679. The maximum absolute atomic E-state index is 5.82. The standard InChI is InChI=1S/C20H33NO.ClH/c1-15(12-21-13-16(2)22-17(3)14-21)11-18-7-9-19(10-8-18)20(4,5)6;/h7-10,15-17H,11-14H2,1-6H3;1H/t15?,16-,17+;. The Bertz CT molecular complexity index is 456. The molecule has 3 atom stereocenters. The highest BCUT2D eigenvalue weighted by molar-refractivity contribution is 5.85. The van der Waals surface area contributed by atoms with Gasteiger partial charge in [0.25, 0.3) is 0 Å². The molecule has 1 unspecified atom stereocenters. The summed E-state index contributed by atoms with van der Waals surface area (Å²) in [7, 11) is 0. The Balaban J connectivity index is 0.00000264. The highest BCUT2D eigenvalue weighted by atomic mass is 35.5. The van der Waals surface area contributed by atoms with Gasteiger partial charge in [-0.1, -0.05) is 52.0 Å². The van der Waals surface area contributed by atoms with E-state index in [2.05, 4.69) is 70.7 Å². The molecule has 1 aliphatic heterocycles. The number of hydrogen-bond donors (Lipinski definition) is 0. The van der Waals surface area contributed by atoms with Crippen molar-refractivity contribution in [1.29, 1.82) is 0 Å². The van der Waals surface area contributed by atoms with Crippen LogP contribution in [0.5, 0.6) is 0 Å². The molecule has 1 aromatic rings. The second-order valence-electron chi connectivity index (χ2n) is 8.23. The van der Waals surface area contributed by atoms with Crippen molar-refractivity contribution < 1.29 is 4.74 Å². The molecule has 2 nitrogen and oxygen atoms in total. The van der Waals surface area contributed by atoms with Crippen molar-refractivity contribution in [2.24, 2.45) is 5.92 Å². The molecule has 132 valence electrons. The number of halogens is 1. The summed E-state index contributed by atoms with van der Waals surface area (Å²) >= 11 is 0. The Morgan fingerprint density at radius 3 is 2.09 bits per heavy atom. The van der Waals surface area contributed by atoms with E-state index < -0.39 is 0 Å². The van der Waals surface area contributed by atoms with Crippen molar-refractivity contribution >= 4 is 12.4 Å². The van der Waals surface area contributed by atoms with Crippen LogP contribution in [0, 0.1) is 5.92 Å². The zero-order chi connectivity index (χ0) is 16.3. The molecule has 0 N–H and O–H groups in total. The molecule has 3 heteroatoms. The lowest BCUT2D eigenvalue weighted by molar-refractivity contribution is -0.0708. The van der Waals surface area contributed by atoms with Crippen molar-refractivity contribution in [2.45, 2.75) is 65.6 Å². The smallest absolute Gasteiger partial charge is 0.0678 e. The fourth-order valence-corrected chi connectivity index (χ4v) is 3.48. The summed E-state index contributed by atoms with van der Waals surface area (Å²) in [4.78, 5) is 2.56. The van der Waals surface area contributed by atoms with Crippen LogP contribution in [-0.2, 0) is 16.6 Å². The molecule has 0 amide bonds. The van der Waals surface area contributed by atoms with E-state index in [9.17, 15) is 0 Å². The third-order valence-corrected chi connectivity index (χ3v) is 4.47. The van der Waals surface area contributed by atoms with Crippen molar-refractivity contribution in [3.05, 3.63) is 35.4 Å².